The third-order valence-electron chi connectivity index (χ3n) is 12.3. The fourth-order valence-corrected chi connectivity index (χ4v) is 12.8. The van der Waals surface area contributed by atoms with Gasteiger partial charge in [-0.2, -0.15) is 0 Å². The van der Waals surface area contributed by atoms with Crippen molar-refractivity contribution in [2.45, 2.75) is 24.7 Å². The van der Waals surface area contributed by atoms with Crippen molar-refractivity contribution in [3.05, 3.63) is 228 Å². The van der Waals surface area contributed by atoms with Gasteiger partial charge in [-0.3, -0.25) is 0 Å². The molecular weight excluding hydrogens is 683 g/mol. The Bertz CT molecular complexity index is 2690. The van der Waals surface area contributed by atoms with Gasteiger partial charge in [0.25, 0.3) is 0 Å². The van der Waals surface area contributed by atoms with E-state index >= 15 is 0 Å². The van der Waals surface area contributed by atoms with Gasteiger partial charge < -0.3 is 9.64 Å². The number of hydrogen-bond donors (Lipinski definition) is 0. The Labute approximate surface area is 324 Å². The summed E-state index contributed by atoms with van der Waals surface area (Å²) in [5.41, 5.74) is 13.1. The molecule has 0 saturated carbocycles. The van der Waals surface area contributed by atoms with Crippen molar-refractivity contribution >= 4 is 41.4 Å². The fraction of sp³-hybridized carbons (Fsp3) is 0.0769. The first kappa shape index (κ1) is 32.0. The van der Waals surface area contributed by atoms with Crippen molar-refractivity contribution in [3.8, 4) is 22.6 Å². The molecule has 0 aliphatic carbocycles. The van der Waals surface area contributed by atoms with Gasteiger partial charge in [0.1, 0.15) is 11.5 Å². The van der Waals surface area contributed by atoms with E-state index in [1.54, 1.807) is 0 Å². The molecule has 1 spiro atoms. The van der Waals surface area contributed by atoms with Gasteiger partial charge in [0, 0.05) is 22.2 Å². The number of anilines is 3. The van der Waals surface area contributed by atoms with Gasteiger partial charge in [-0.05, 0) is 86.2 Å². The highest BCUT2D eigenvalue weighted by Crippen LogP contribution is 2.56. The molecule has 1 radical (unpaired) electrons. The van der Waals surface area contributed by atoms with Crippen LogP contribution in [0.1, 0.15) is 47.2 Å². The van der Waals surface area contributed by atoms with E-state index in [4.69, 9.17) is 4.74 Å². The molecule has 0 bridgehead atoms. The Hall–Kier alpha value is -6.42. The number of para-hydroxylation sites is 4. The summed E-state index contributed by atoms with van der Waals surface area (Å²) in [6.07, 6.45) is 0. The SMILES string of the molecule is CC1(C)c2ccccc2N(c2ccc(-c3ccc4c(c3)C3(c5ccccc5Oc5ccccc53)c3ccccc3[Si]4c3ccccc3)cc2)c2ccccc21. The lowest BCUT2D eigenvalue weighted by Gasteiger charge is -2.47. The van der Waals surface area contributed by atoms with Crippen molar-refractivity contribution in [2.24, 2.45) is 0 Å². The molecule has 0 atom stereocenters. The van der Waals surface area contributed by atoms with Crippen LogP contribution in [0.15, 0.2) is 194 Å². The van der Waals surface area contributed by atoms with Crippen LogP contribution >= 0.6 is 0 Å². The summed E-state index contributed by atoms with van der Waals surface area (Å²) < 4.78 is 6.70. The molecule has 0 aromatic heterocycles. The smallest absolute Gasteiger partial charge is 0.155 e. The second kappa shape index (κ2) is 12.0. The summed E-state index contributed by atoms with van der Waals surface area (Å²) >= 11 is 0. The summed E-state index contributed by atoms with van der Waals surface area (Å²) in [6, 6.07) is 71.9. The zero-order chi connectivity index (χ0) is 36.7. The lowest BCUT2D eigenvalue weighted by Crippen LogP contribution is -2.62. The van der Waals surface area contributed by atoms with Crippen molar-refractivity contribution in [2.75, 3.05) is 4.90 Å². The molecule has 0 saturated heterocycles. The molecule has 8 aromatic carbocycles. The molecule has 8 aromatic rings. The maximum atomic E-state index is 6.70. The summed E-state index contributed by atoms with van der Waals surface area (Å²) in [6.45, 7) is 4.68. The summed E-state index contributed by atoms with van der Waals surface area (Å²) in [5, 5.41) is 4.25. The van der Waals surface area contributed by atoms with Crippen LogP contribution in [0, 0.1) is 0 Å². The highest BCUT2D eigenvalue weighted by molar-refractivity contribution is 6.96. The molecule has 3 heterocycles. The second-order valence-electron chi connectivity index (χ2n) is 15.4. The number of ether oxygens (including phenoxy) is 1. The third-order valence-corrected chi connectivity index (χ3v) is 15.1. The fourth-order valence-electron chi connectivity index (χ4n) is 9.81. The lowest BCUT2D eigenvalue weighted by molar-refractivity contribution is 0.435. The monoisotopic (exact) mass is 720 g/mol. The van der Waals surface area contributed by atoms with Crippen LogP contribution in [-0.2, 0) is 10.8 Å². The predicted octanol–water partition coefficient (Wildman–Crippen LogP) is 10.8. The summed E-state index contributed by atoms with van der Waals surface area (Å²) in [7, 11) is -1.35. The van der Waals surface area contributed by atoms with Crippen LogP contribution in [0.5, 0.6) is 11.5 Å². The number of fused-ring (bicyclic) bond motifs is 10. The van der Waals surface area contributed by atoms with Gasteiger partial charge >= 0.3 is 0 Å². The highest BCUT2D eigenvalue weighted by Gasteiger charge is 2.51. The predicted molar refractivity (Wildman–Crippen MR) is 228 cm³/mol. The minimum Gasteiger partial charge on any atom is -0.457 e. The normalized spacial score (nSPS) is 15.4. The Balaban J connectivity index is 1.13. The van der Waals surface area contributed by atoms with E-state index in [-0.39, 0.29) is 5.41 Å². The first-order chi connectivity index (χ1) is 27.0. The van der Waals surface area contributed by atoms with Crippen LogP contribution < -0.4 is 25.2 Å². The van der Waals surface area contributed by atoms with Crippen LogP contribution in [0.4, 0.5) is 17.1 Å². The van der Waals surface area contributed by atoms with Gasteiger partial charge in [-0.1, -0.05) is 171 Å². The molecule has 55 heavy (non-hydrogen) atoms. The van der Waals surface area contributed by atoms with Crippen LogP contribution in [-0.4, -0.2) is 8.80 Å². The first-order valence-electron chi connectivity index (χ1n) is 19.2. The summed E-state index contributed by atoms with van der Waals surface area (Å²) in [4.78, 5) is 2.43. The van der Waals surface area contributed by atoms with Crippen LogP contribution in [0.2, 0.25) is 0 Å². The topological polar surface area (TPSA) is 12.5 Å². The van der Waals surface area contributed by atoms with Gasteiger partial charge in [-0.15, -0.1) is 0 Å². The van der Waals surface area contributed by atoms with Crippen molar-refractivity contribution in [1.29, 1.82) is 0 Å². The lowest BCUT2D eigenvalue weighted by atomic mass is 9.63. The number of nitrogens with zero attached hydrogens (tertiary/aromatic N) is 1. The van der Waals surface area contributed by atoms with E-state index in [0.717, 1.165) is 17.2 Å². The number of benzene rings is 8. The van der Waals surface area contributed by atoms with E-state index < -0.39 is 14.2 Å². The quantitative estimate of drug-likeness (QED) is 0.169. The minimum absolute atomic E-state index is 0.0945. The molecule has 0 fully saturated rings. The molecule has 3 heteroatoms. The van der Waals surface area contributed by atoms with Gasteiger partial charge in [0.2, 0.25) is 0 Å². The largest absolute Gasteiger partial charge is 0.457 e. The number of rotatable bonds is 3. The van der Waals surface area contributed by atoms with Crippen LogP contribution in [0.3, 0.4) is 0 Å². The van der Waals surface area contributed by atoms with Crippen molar-refractivity contribution in [1.82, 2.24) is 0 Å². The maximum Gasteiger partial charge on any atom is 0.155 e. The Kier molecular flexibility index (Phi) is 7.02. The molecule has 0 unspecified atom stereocenters. The number of hydrogen-bond acceptors (Lipinski definition) is 2. The average molecular weight is 721 g/mol. The molecule has 3 aliphatic rings. The Morgan fingerprint density at radius 2 is 0.909 bits per heavy atom. The molecule has 3 aliphatic heterocycles. The minimum atomic E-state index is -1.35. The summed E-state index contributed by atoms with van der Waals surface area (Å²) in [5.74, 6) is 1.83. The maximum absolute atomic E-state index is 6.70. The molecule has 2 nitrogen and oxygen atoms in total. The van der Waals surface area contributed by atoms with Crippen molar-refractivity contribution in [3.63, 3.8) is 0 Å². The highest BCUT2D eigenvalue weighted by atomic mass is 28.3. The second-order valence-corrected chi connectivity index (χ2v) is 17.8. The van der Waals surface area contributed by atoms with E-state index in [0.29, 0.717) is 0 Å². The molecular formula is C52H38NOSi. The molecule has 261 valence electrons. The van der Waals surface area contributed by atoms with Crippen LogP contribution in [0.25, 0.3) is 11.1 Å². The molecule has 0 amide bonds. The Morgan fingerprint density at radius 3 is 1.55 bits per heavy atom. The van der Waals surface area contributed by atoms with Gasteiger partial charge in [0.05, 0.1) is 16.8 Å². The third kappa shape index (κ3) is 4.54. The van der Waals surface area contributed by atoms with E-state index in [1.165, 1.54) is 71.4 Å². The molecule has 0 N–H and O–H groups in total. The van der Waals surface area contributed by atoms with E-state index in [1.807, 2.05) is 0 Å². The van der Waals surface area contributed by atoms with E-state index in [2.05, 4.69) is 213 Å². The van der Waals surface area contributed by atoms with Gasteiger partial charge in [0.15, 0.2) is 8.80 Å². The molecule has 11 rings (SSSR count). The van der Waals surface area contributed by atoms with E-state index in [9.17, 15) is 0 Å². The standard InChI is InChI=1S/C52H38NOSi/c1-51(2)39-18-6-11-23-45(39)53(46-24-12-7-19-40(46)51)37-31-28-35(29-32-37)36-30-33-50-44(34-36)52(41-20-8-13-25-47(41)54-48-26-14-9-21-42(48)52)43-22-10-15-27-49(43)55(50)38-16-4-3-5-17-38/h3-34H,1-2H3. The zero-order valence-corrected chi connectivity index (χ0v) is 31.8. The zero-order valence-electron chi connectivity index (χ0n) is 30.8. The van der Waals surface area contributed by atoms with Crippen molar-refractivity contribution < 1.29 is 4.74 Å². The average Bonchev–Trinajstić information content (AvgIpc) is 3.24. The van der Waals surface area contributed by atoms with Gasteiger partial charge in [-0.25, -0.2) is 0 Å². The Morgan fingerprint density at radius 1 is 0.418 bits per heavy atom. The first-order valence-corrected chi connectivity index (χ1v) is 20.7.